The molecular weight excluding hydrogens is 203 g/mol. The first-order chi connectivity index (χ1) is 7.75. The second kappa shape index (κ2) is 5.44. The fourth-order valence-corrected chi connectivity index (χ4v) is 2.59. The molecule has 0 spiro atoms. The molecule has 0 radical (unpaired) electrons. The van der Waals surface area contributed by atoms with Crippen molar-refractivity contribution in [3.63, 3.8) is 0 Å². The fourth-order valence-electron chi connectivity index (χ4n) is 2.59. The lowest BCUT2D eigenvalue weighted by Gasteiger charge is -2.24. The molecule has 1 saturated carbocycles. The van der Waals surface area contributed by atoms with E-state index in [0.29, 0.717) is 11.5 Å². The van der Waals surface area contributed by atoms with Crippen molar-refractivity contribution in [1.29, 1.82) is 0 Å². The lowest BCUT2D eigenvalue weighted by atomic mass is 9.84. The van der Waals surface area contributed by atoms with Gasteiger partial charge in [-0.2, -0.15) is 0 Å². The maximum atomic E-state index is 13.0. The molecule has 1 aliphatic carbocycles. The van der Waals surface area contributed by atoms with Gasteiger partial charge >= 0.3 is 0 Å². The van der Waals surface area contributed by atoms with E-state index in [1.807, 2.05) is 0 Å². The summed E-state index contributed by atoms with van der Waals surface area (Å²) >= 11 is 0. The molecule has 0 bridgehead atoms. The predicted molar refractivity (Wildman–Crippen MR) is 62.6 cm³/mol. The van der Waals surface area contributed by atoms with E-state index in [1.165, 1.54) is 44.2 Å². The second-order valence-corrected chi connectivity index (χ2v) is 4.81. The fraction of sp³-hybridized carbons (Fsp3) is 0.571. The van der Waals surface area contributed by atoms with Gasteiger partial charge in [-0.1, -0.05) is 44.2 Å². The molecule has 1 unspecified atom stereocenters. The highest BCUT2D eigenvalue weighted by molar-refractivity contribution is 5.18. The van der Waals surface area contributed by atoms with Crippen LogP contribution >= 0.6 is 0 Å². The first-order valence-electron chi connectivity index (χ1n) is 6.19. The Morgan fingerprint density at radius 3 is 2.69 bits per heavy atom. The average molecular weight is 222 g/mol. The topological polar surface area (TPSA) is 20.2 Å². The zero-order valence-corrected chi connectivity index (χ0v) is 9.53. The molecule has 2 heteroatoms. The summed E-state index contributed by atoms with van der Waals surface area (Å²) in [6, 6.07) is 6.32. The van der Waals surface area contributed by atoms with Crippen LogP contribution in [0.2, 0.25) is 0 Å². The molecule has 0 aromatic heterocycles. The third-order valence-corrected chi connectivity index (χ3v) is 3.51. The molecule has 0 amide bonds. The zero-order valence-electron chi connectivity index (χ0n) is 9.53. The van der Waals surface area contributed by atoms with E-state index in [4.69, 9.17) is 0 Å². The van der Waals surface area contributed by atoms with Crippen LogP contribution in [0.15, 0.2) is 24.3 Å². The summed E-state index contributed by atoms with van der Waals surface area (Å²) in [7, 11) is 0. The molecule has 1 aromatic carbocycles. The molecule has 1 aromatic rings. The average Bonchev–Trinajstić information content (AvgIpc) is 2.30. The Morgan fingerprint density at radius 1 is 1.25 bits per heavy atom. The van der Waals surface area contributed by atoms with Crippen LogP contribution in [0.1, 0.15) is 50.2 Å². The van der Waals surface area contributed by atoms with Crippen molar-refractivity contribution in [2.45, 2.75) is 44.6 Å². The summed E-state index contributed by atoms with van der Waals surface area (Å²) in [5.74, 6) is 0.354. The Bertz CT molecular complexity index is 331. The second-order valence-electron chi connectivity index (χ2n) is 4.81. The SMILES string of the molecule is OC(CC1CCCCC1)c1cccc(F)c1. The largest absolute Gasteiger partial charge is 0.388 e. The van der Waals surface area contributed by atoms with Gasteiger partial charge < -0.3 is 5.11 Å². The lowest BCUT2D eigenvalue weighted by molar-refractivity contribution is 0.131. The summed E-state index contributed by atoms with van der Waals surface area (Å²) in [5, 5.41) is 10.0. The Labute approximate surface area is 96.3 Å². The van der Waals surface area contributed by atoms with Gasteiger partial charge in [0.25, 0.3) is 0 Å². The number of benzene rings is 1. The van der Waals surface area contributed by atoms with E-state index in [-0.39, 0.29) is 5.82 Å². The van der Waals surface area contributed by atoms with Gasteiger partial charge in [-0.3, -0.25) is 0 Å². The minimum atomic E-state index is -0.501. The maximum Gasteiger partial charge on any atom is 0.123 e. The Kier molecular flexibility index (Phi) is 3.94. The third-order valence-electron chi connectivity index (χ3n) is 3.51. The van der Waals surface area contributed by atoms with Crippen molar-refractivity contribution in [2.75, 3.05) is 0 Å². The number of halogens is 1. The summed E-state index contributed by atoms with van der Waals surface area (Å²) in [6.07, 6.45) is 6.59. The minimum Gasteiger partial charge on any atom is -0.388 e. The van der Waals surface area contributed by atoms with Gasteiger partial charge in [0, 0.05) is 0 Å². The molecule has 88 valence electrons. The number of hydrogen-bond donors (Lipinski definition) is 1. The van der Waals surface area contributed by atoms with Gasteiger partial charge in [-0.25, -0.2) is 4.39 Å². The molecular formula is C14H19FO. The summed E-state index contributed by atoms with van der Waals surface area (Å²) in [6.45, 7) is 0. The van der Waals surface area contributed by atoms with Crippen molar-refractivity contribution < 1.29 is 9.50 Å². The van der Waals surface area contributed by atoms with Crippen molar-refractivity contribution in [3.8, 4) is 0 Å². The van der Waals surface area contributed by atoms with Gasteiger partial charge in [-0.15, -0.1) is 0 Å². The highest BCUT2D eigenvalue weighted by Gasteiger charge is 2.18. The first-order valence-corrected chi connectivity index (χ1v) is 6.19. The normalized spacial score (nSPS) is 19.6. The van der Waals surface area contributed by atoms with Gasteiger partial charge in [0.15, 0.2) is 0 Å². The summed E-state index contributed by atoms with van der Waals surface area (Å²) in [4.78, 5) is 0. The van der Waals surface area contributed by atoms with Crippen LogP contribution in [-0.2, 0) is 0 Å². The standard InChI is InChI=1S/C14H19FO/c15-13-8-4-7-12(10-13)14(16)9-11-5-2-1-3-6-11/h4,7-8,10-11,14,16H,1-3,5-6,9H2. The van der Waals surface area contributed by atoms with Gasteiger partial charge in [0.2, 0.25) is 0 Å². The zero-order chi connectivity index (χ0) is 11.4. The van der Waals surface area contributed by atoms with Gasteiger partial charge in [0.1, 0.15) is 5.82 Å². The van der Waals surface area contributed by atoms with Gasteiger partial charge in [0.05, 0.1) is 6.10 Å². The molecule has 1 fully saturated rings. The molecule has 16 heavy (non-hydrogen) atoms. The van der Waals surface area contributed by atoms with Crippen LogP contribution in [0, 0.1) is 11.7 Å². The Morgan fingerprint density at radius 2 is 2.00 bits per heavy atom. The van der Waals surface area contributed by atoms with E-state index in [0.717, 1.165) is 6.42 Å². The molecule has 0 saturated heterocycles. The predicted octanol–water partition coefficient (Wildman–Crippen LogP) is 3.83. The first kappa shape index (κ1) is 11.6. The van der Waals surface area contributed by atoms with E-state index in [2.05, 4.69) is 0 Å². The van der Waals surface area contributed by atoms with Crippen molar-refractivity contribution >= 4 is 0 Å². The highest BCUT2D eigenvalue weighted by Crippen LogP contribution is 2.31. The minimum absolute atomic E-state index is 0.264. The van der Waals surface area contributed by atoms with Crippen LogP contribution in [-0.4, -0.2) is 5.11 Å². The van der Waals surface area contributed by atoms with E-state index in [9.17, 15) is 9.50 Å². The summed E-state index contributed by atoms with van der Waals surface area (Å²) < 4.78 is 13.0. The van der Waals surface area contributed by atoms with Crippen LogP contribution < -0.4 is 0 Å². The highest BCUT2D eigenvalue weighted by atomic mass is 19.1. The van der Waals surface area contributed by atoms with E-state index < -0.39 is 6.10 Å². The third kappa shape index (κ3) is 3.05. The van der Waals surface area contributed by atoms with Crippen molar-refractivity contribution in [3.05, 3.63) is 35.6 Å². The summed E-state index contributed by atoms with van der Waals surface area (Å²) in [5.41, 5.74) is 0.713. The molecule has 0 heterocycles. The van der Waals surface area contributed by atoms with Gasteiger partial charge in [-0.05, 0) is 30.0 Å². The molecule has 2 rings (SSSR count). The molecule has 1 aliphatic rings. The number of aliphatic hydroxyl groups is 1. The molecule has 0 aliphatic heterocycles. The van der Waals surface area contributed by atoms with Crippen molar-refractivity contribution in [1.82, 2.24) is 0 Å². The van der Waals surface area contributed by atoms with Crippen molar-refractivity contribution in [2.24, 2.45) is 5.92 Å². The molecule has 1 nitrogen and oxygen atoms in total. The van der Waals surface area contributed by atoms with E-state index >= 15 is 0 Å². The lowest BCUT2D eigenvalue weighted by Crippen LogP contribution is -2.11. The Balaban J connectivity index is 1.94. The van der Waals surface area contributed by atoms with Crippen LogP contribution in [0.25, 0.3) is 0 Å². The molecule has 1 atom stereocenters. The smallest absolute Gasteiger partial charge is 0.123 e. The quantitative estimate of drug-likeness (QED) is 0.824. The van der Waals surface area contributed by atoms with Crippen LogP contribution in [0.5, 0.6) is 0 Å². The molecule has 1 N–H and O–H groups in total. The van der Waals surface area contributed by atoms with E-state index in [1.54, 1.807) is 12.1 Å². The monoisotopic (exact) mass is 222 g/mol. The van der Waals surface area contributed by atoms with Crippen LogP contribution in [0.3, 0.4) is 0 Å². The van der Waals surface area contributed by atoms with Crippen LogP contribution in [0.4, 0.5) is 4.39 Å². The Hall–Kier alpha value is -0.890. The number of hydrogen-bond acceptors (Lipinski definition) is 1. The maximum absolute atomic E-state index is 13.0. The number of aliphatic hydroxyl groups excluding tert-OH is 1. The number of rotatable bonds is 3.